The molecule has 98 valence electrons. The van der Waals surface area contributed by atoms with E-state index in [0.717, 1.165) is 37.5 Å². The van der Waals surface area contributed by atoms with Gasteiger partial charge in [-0.25, -0.2) is 0 Å². The maximum absolute atomic E-state index is 12.0. The van der Waals surface area contributed by atoms with Crippen LogP contribution < -0.4 is 5.32 Å². The fraction of sp³-hybridized carbons (Fsp3) is 0.929. The molecule has 2 rings (SSSR count). The van der Waals surface area contributed by atoms with Crippen LogP contribution in [0.5, 0.6) is 0 Å². The molecule has 2 aliphatic carbocycles. The Hall–Kier alpha value is -0.570. The first-order valence-electron chi connectivity index (χ1n) is 7.02. The number of aliphatic hydroxyl groups is 1. The highest BCUT2D eigenvalue weighted by atomic mass is 16.3. The molecule has 0 spiro atoms. The summed E-state index contributed by atoms with van der Waals surface area (Å²) in [6.07, 6.45) is 5.38. The predicted molar refractivity (Wildman–Crippen MR) is 67.4 cm³/mol. The average Bonchev–Trinajstić information content (AvgIpc) is 2.98. The maximum Gasteiger partial charge on any atom is 0.223 e. The van der Waals surface area contributed by atoms with Crippen LogP contribution >= 0.6 is 0 Å². The molecular formula is C14H25NO2. The van der Waals surface area contributed by atoms with Crippen LogP contribution in [-0.4, -0.2) is 24.2 Å². The van der Waals surface area contributed by atoms with Gasteiger partial charge >= 0.3 is 0 Å². The second-order valence-corrected chi connectivity index (χ2v) is 6.01. The predicted octanol–water partition coefficient (Wildman–Crippen LogP) is 1.95. The van der Waals surface area contributed by atoms with Gasteiger partial charge in [0.15, 0.2) is 0 Å². The van der Waals surface area contributed by atoms with Crippen molar-refractivity contribution in [3.05, 3.63) is 0 Å². The van der Waals surface area contributed by atoms with E-state index in [4.69, 9.17) is 0 Å². The number of hydrogen-bond acceptors (Lipinski definition) is 2. The van der Waals surface area contributed by atoms with Crippen LogP contribution in [0.3, 0.4) is 0 Å². The molecule has 0 aromatic heterocycles. The maximum atomic E-state index is 12.0. The molecule has 3 heteroatoms. The zero-order chi connectivity index (χ0) is 12.5. The Morgan fingerprint density at radius 2 is 1.82 bits per heavy atom. The summed E-state index contributed by atoms with van der Waals surface area (Å²) >= 11 is 0. The molecule has 0 aromatic rings. The van der Waals surface area contributed by atoms with Gasteiger partial charge in [0.05, 0.1) is 6.61 Å². The number of nitrogens with one attached hydrogen (secondary N) is 1. The van der Waals surface area contributed by atoms with Gasteiger partial charge in [-0.05, 0) is 43.9 Å². The second kappa shape index (κ2) is 4.97. The molecule has 1 amide bonds. The van der Waals surface area contributed by atoms with E-state index in [9.17, 15) is 9.90 Å². The van der Waals surface area contributed by atoms with E-state index in [1.807, 2.05) is 0 Å². The molecule has 0 aliphatic heterocycles. The molecule has 2 fully saturated rings. The van der Waals surface area contributed by atoms with Crippen LogP contribution in [0, 0.1) is 23.2 Å². The Balaban J connectivity index is 1.78. The fourth-order valence-corrected chi connectivity index (χ4v) is 3.13. The number of hydrogen-bond donors (Lipinski definition) is 2. The second-order valence-electron chi connectivity index (χ2n) is 6.01. The van der Waals surface area contributed by atoms with E-state index >= 15 is 0 Å². The Morgan fingerprint density at radius 3 is 2.29 bits per heavy atom. The van der Waals surface area contributed by atoms with Crippen LogP contribution in [0.2, 0.25) is 0 Å². The Bertz CT molecular complexity index is 268. The first-order chi connectivity index (χ1) is 8.14. The van der Waals surface area contributed by atoms with E-state index in [1.165, 1.54) is 6.42 Å². The van der Waals surface area contributed by atoms with Crippen molar-refractivity contribution >= 4 is 5.91 Å². The standard InChI is InChI=1S/C14H25NO2/c1-3-14(4-2,9-16)8-15-13(17)12-6-10-5-11(10)7-12/h10-12,16H,3-9H2,1-2H3,(H,15,17). The molecule has 2 unspecified atom stereocenters. The van der Waals surface area contributed by atoms with Crippen LogP contribution in [0.4, 0.5) is 0 Å². The van der Waals surface area contributed by atoms with E-state index in [-0.39, 0.29) is 23.8 Å². The van der Waals surface area contributed by atoms with Gasteiger partial charge < -0.3 is 10.4 Å². The third-order valence-corrected chi connectivity index (χ3v) is 5.09. The van der Waals surface area contributed by atoms with Gasteiger partial charge in [-0.15, -0.1) is 0 Å². The molecule has 2 saturated carbocycles. The summed E-state index contributed by atoms with van der Waals surface area (Å²) in [6.45, 7) is 4.95. The van der Waals surface area contributed by atoms with Crippen molar-refractivity contribution in [2.75, 3.05) is 13.2 Å². The third kappa shape index (κ3) is 2.65. The van der Waals surface area contributed by atoms with E-state index < -0.39 is 0 Å². The molecule has 2 N–H and O–H groups in total. The highest BCUT2D eigenvalue weighted by Gasteiger charge is 2.48. The summed E-state index contributed by atoms with van der Waals surface area (Å²) in [7, 11) is 0. The average molecular weight is 239 g/mol. The van der Waals surface area contributed by atoms with Crippen molar-refractivity contribution in [1.29, 1.82) is 0 Å². The van der Waals surface area contributed by atoms with Crippen molar-refractivity contribution in [3.63, 3.8) is 0 Å². The van der Waals surface area contributed by atoms with Crippen molar-refractivity contribution in [2.24, 2.45) is 23.2 Å². The highest BCUT2D eigenvalue weighted by Crippen LogP contribution is 2.54. The lowest BCUT2D eigenvalue weighted by molar-refractivity contribution is -0.125. The summed E-state index contributed by atoms with van der Waals surface area (Å²) < 4.78 is 0. The topological polar surface area (TPSA) is 49.3 Å². The molecule has 2 atom stereocenters. The summed E-state index contributed by atoms with van der Waals surface area (Å²) in [5.74, 6) is 2.18. The monoisotopic (exact) mass is 239 g/mol. The quantitative estimate of drug-likeness (QED) is 0.744. The summed E-state index contributed by atoms with van der Waals surface area (Å²) in [5.41, 5.74) is -0.114. The molecular weight excluding hydrogens is 214 g/mol. The minimum atomic E-state index is -0.114. The first kappa shape index (κ1) is 12.9. The lowest BCUT2D eigenvalue weighted by Gasteiger charge is -2.30. The smallest absolute Gasteiger partial charge is 0.223 e. The molecule has 0 bridgehead atoms. The summed E-state index contributed by atoms with van der Waals surface area (Å²) in [4.78, 5) is 12.0. The lowest BCUT2D eigenvalue weighted by atomic mass is 9.83. The number of amides is 1. The lowest BCUT2D eigenvalue weighted by Crippen LogP contribution is -2.41. The van der Waals surface area contributed by atoms with Gasteiger partial charge in [0.2, 0.25) is 5.91 Å². The molecule has 17 heavy (non-hydrogen) atoms. The van der Waals surface area contributed by atoms with Crippen LogP contribution in [0.25, 0.3) is 0 Å². The molecule has 0 saturated heterocycles. The number of rotatable bonds is 6. The molecule has 2 aliphatic rings. The van der Waals surface area contributed by atoms with E-state index in [0.29, 0.717) is 6.54 Å². The van der Waals surface area contributed by atoms with Gasteiger partial charge in [0.25, 0.3) is 0 Å². The van der Waals surface area contributed by atoms with Crippen LogP contribution in [-0.2, 0) is 4.79 Å². The Morgan fingerprint density at radius 1 is 1.24 bits per heavy atom. The molecule has 0 radical (unpaired) electrons. The van der Waals surface area contributed by atoms with E-state index in [2.05, 4.69) is 19.2 Å². The minimum absolute atomic E-state index is 0.114. The van der Waals surface area contributed by atoms with Gasteiger partial charge in [-0.1, -0.05) is 13.8 Å². The molecule has 0 heterocycles. The van der Waals surface area contributed by atoms with Gasteiger partial charge in [0, 0.05) is 17.9 Å². The normalized spacial score (nSPS) is 31.1. The summed E-state index contributed by atoms with van der Waals surface area (Å²) in [5, 5.41) is 12.5. The molecule has 0 aromatic carbocycles. The third-order valence-electron chi connectivity index (χ3n) is 5.09. The fourth-order valence-electron chi connectivity index (χ4n) is 3.13. The zero-order valence-electron chi connectivity index (χ0n) is 11.0. The van der Waals surface area contributed by atoms with Gasteiger partial charge in [-0.2, -0.15) is 0 Å². The number of aliphatic hydroxyl groups excluding tert-OH is 1. The highest BCUT2D eigenvalue weighted by molar-refractivity contribution is 5.79. The van der Waals surface area contributed by atoms with Crippen LogP contribution in [0.1, 0.15) is 46.0 Å². The largest absolute Gasteiger partial charge is 0.396 e. The van der Waals surface area contributed by atoms with E-state index in [1.54, 1.807) is 0 Å². The summed E-state index contributed by atoms with van der Waals surface area (Å²) in [6, 6.07) is 0. The minimum Gasteiger partial charge on any atom is -0.396 e. The van der Waals surface area contributed by atoms with Crippen molar-refractivity contribution < 1.29 is 9.90 Å². The van der Waals surface area contributed by atoms with Crippen LogP contribution in [0.15, 0.2) is 0 Å². The zero-order valence-corrected chi connectivity index (χ0v) is 11.0. The number of fused-ring (bicyclic) bond motifs is 1. The Labute approximate surface area is 104 Å². The van der Waals surface area contributed by atoms with Gasteiger partial charge in [-0.3, -0.25) is 4.79 Å². The van der Waals surface area contributed by atoms with Crippen molar-refractivity contribution in [3.8, 4) is 0 Å². The first-order valence-corrected chi connectivity index (χ1v) is 7.02. The molecule has 3 nitrogen and oxygen atoms in total. The SMILES string of the molecule is CCC(CC)(CO)CNC(=O)C1CC2CC2C1. The van der Waals surface area contributed by atoms with Crippen molar-refractivity contribution in [2.45, 2.75) is 46.0 Å². The van der Waals surface area contributed by atoms with Gasteiger partial charge in [0.1, 0.15) is 0 Å². The van der Waals surface area contributed by atoms with Crippen molar-refractivity contribution in [1.82, 2.24) is 5.32 Å². The Kier molecular flexibility index (Phi) is 3.76. The number of carbonyl (C=O) groups is 1. The number of carbonyl (C=O) groups excluding carboxylic acids is 1.